The zero-order valence-electron chi connectivity index (χ0n) is 11.8. The molecule has 2 nitrogen and oxygen atoms in total. The predicted octanol–water partition coefficient (Wildman–Crippen LogP) is 4.12. The monoisotopic (exact) mass is 263 g/mol. The molecule has 100 valence electrons. The lowest BCUT2D eigenvalue weighted by Gasteiger charge is -2.08. The Morgan fingerprint density at radius 2 is 1.85 bits per heavy atom. The molecule has 0 spiro atoms. The number of para-hydroxylation sites is 1. The molecule has 0 radical (unpaired) electrons. The first-order valence-corrected chi connectivity index (χ1v) is 6.78. The van der Waals surface area contributed by atoms with Gasteiger partial charge in [-0.1, -0.05) is 36.4 Å². The highest BCUT2D eigenvalue weighted by Gasteiger charge is 2.07. The fourth-order valence-corrected chi connectivity index (χ4v) is 2.60. The molecule has 2 aromatic carbocycles. The van der Waals surface area contributed by atoms with Crippen molar-refractivity contribution >= 4 is 17.2 Å². The van der Waals surface area contributed by atoms with Crippen molar-refractivity contribution < 1.29 is 4.79 Å². The van der Waals surface area contributed by atoms with Gasteiger partial charge in [-0.05, 0) is 36.6 Å². The Morgan fingerprint density at radius 1 is 1.05 bits per heavy atom. The van der Waals surface area contributed by atoms with Crippen molar-refractivity contribution in [2.24, 2.45) is 0 Å². The van der Waals surface area contributed by atoms with Crippen molar-refractivity contribution in [3.63, 3.8) is 0 Å². The molecule has 1 heterocycles. The fourth-order valence-electron chi connectivity index (χ4n) is 2.60. The summed E-state index contributed by atoms with van der Waals surface area (Å²) in [6.45, 7) is 5.04. The Morgan fingerprint density at radius 3 is 2.60 bits per heavy atom. The molecule has 20 heavy (non-hydrogen) atoms. The minimum absolute atomic E-state index is 0.754. The van der Waals surface area contributed by atoms with Gasteiger partial charge < -0.3 is 4.57 Å². The molecule has 0 bridgehead atoms. The third kappa shape index (κ3) is 2.14. The number of carbonyl (C=O) groups excluding carboxylic acids is 1. The highest BCUT2D eigenvalue weighted by Crippen LogP contribution is 2.21. The van der Waals surface area contributed by atoms with E-state index in [1.54, 1.807) is 0 Å². The molecule has 0 atom stereocenters. The van der Waals surface area contributed by atoms with Crippen LogP contribution >= 0.6 is 0 Å². The topological polar surface area (TPSA) is 22.0 Å². The van der Waals surface area contributed by atoms with E-state index < -0.39 is 0 Å². The van der Waals surface area contributed by atoms with E-state index in [9.17, 15) is 4.79 Å². The van der Waals surface area contributed by atoms with E-state index in [0.29, 0.717) is 0 Å². The van der Waals surface area contributed by atoms with Gasteiger partial charge in [0.05, 0.1) is 0 Å². The van der Waals surface area contributed by atoms with Crippen molar-refractivity contribution in [3.8, 4) is 0 Å². The van der Waals surface area contributed by atoms with Gasteiger partial charge in [-0.25, -0.2) is 0 Å². The number of aromatic nitrogens is 1. The average molecular weight is 263 g/mol. The lowest BCUT2D eigenvalue weighted by molar-refractivity contribution is 0.112. The van der Waals surface area contributed by atoms with Crippen molar-refractivity contribution in [1.82, 2.24) is 4.57 Å². The van der Waals surface area contributed by atoms with Gasteiger partial charge in [0.2, 0.25) is 0 Å². The summed E-state index contributed by atoms with van der Waals surface area (Å²) in [5.74, 6) is 0. The maximum Gasteiger partial charge on any atom is 0.152 e. The van der Waals surface area contributed by atoms with Crippen LogP contribution in [0.1, 0.15) is 27.0 Å². The number of rotatable bonds is 3. The minimum atomic E-state index is 0.754. The van der Waals surface area contributed by atoms with E-state index >= 15 is 0 Å². The van der Waals surface area contributed by atoms with Crippen molar-refractivity contribution in [1.29, 1.82) is 0 Å². The van der Waals surface area contributed by atoms with Crippen LogP contribution < -0.4 is 0 Å². The second-order valence-electron chi connectivity index (χ2n) is 5.27. The molecule has 3 aromatic rings. The first kappa shape index (κ1) is 12.7. The number of fused-ring (bicyclic) bond motifs is 1. The summed E-state index contributed by atoms with van der Waals surface area (Å²) in [7, 11) is 0. The summed E-state index contributed by atoms with van der Waals surface area (Å²) in [6, 6.07) is 14.5. The van der Waals surface area contributed by atoms with Crippen LogP contribution in [0.3, 0.4) is 0 Å². The fraction of sp³-hybridized carbons (Fsp3) is 0.167. The van der Waals surface area contributed by atoms with Crippen LogP contribution in [0.2, 0.25) is 0 Å². The molecule has 0 saturated heterocycles. The molecule has 0 amide bonds. The van der Waals surface area contributed by atoms with E-state index in [-0.39, 0.29) is 0 Å². The van der Waals surface area contributed by atoms with Crippen molar-refractivity contribution in [2.45, 2.75) is 20.4 Å². The van der Waals surface area contributed by atoms with Crippen LogP contribution in [0.4, 0.5) is 0 Å². The Bertz CT molecular complexity index is 783. The van der Waals surface area contributed by atoms with E-state index in [4.69, 9.17) is 0 Å². The number of hydrogen-bond donors (Lipinski definition) is 0. The summed E-state index contributed by atoms with van der Waals surface area (Å²) in [4.78, 5) is 11.2. The molecule has 0 saturated carbocycles. The Kier molecular flexibility index (Phi) is 3.15. The molecule has 1 aromatic heterocycles. The first-order valence-electron chi connectivity index (χ1n) is 6.78. The zero-order valence-corrected chi connectivity index (χ0v) is 11.8. The smallest absolute Gasteiger partial charge is 0.152 e. The Hall–Kier alpha value is -2.35. The SMILES string of the molecule is Cc1ccc(Cn2cc(C=O)c3ccccc32)cc1C. The second kappa shape index (κ2) is 4.97. The van der Waals surface area contributed by atoms with Gasteiger partial charge in [0.1, 0.15) is 0 Å². The maximum atomic E-state index is 11.2. The highest BCUT2D eigenvalue weighted by atomic mass is 16.1. The van der Waals surface area contributed by atoms with Gasteiger partial charge in [0.25, 0.3) is 0 Å². The second-order valence-corrected chi connectivity index (χ2v) is 5.27. The van der Waals surface area contributed by atoms with Crippen LogP contribution in [-0.4, -0.2) is 10.9 Å². The molecule has 0 aliphatic carbocycles. The number of carbonyl (C=O) groups is 1. The summed E-state index contributed by atoms with van der Waals surface area (Å²) >= 11 is 0. The van der Waals surface area contributed by atoms with Crippen molar-refractivity contribution in [2.75, 3.05) is 0 Å². The minimum Gasteiger partial charge on any atom is -0.342 e. The quantitative estimate of drug-likeness (QED) is 0.651. The molecule has 3 rings (SSSR count). The molecule has 2 heteroatoms. The van der Waals surface area contributed by atoms with E-state index in [1.165, 1.54) is 16.7 Å². The largest absolute Gasteiger partial charge is 0.342 e. The molecule has 0 fully saturated rings. The third-order valence-electron chi connectivity index (χ3n) is 3.87. The van der Waals surface area contributed by atoms with Gasteiger partial charge >= 0.3 is 0 Å². The molecule has 0 N–H and O–H groups in total. The average Bonchev–Trinajstić information content (AvgIpc) is 2.81. The normalized spacial score (nSPS) is 10.9. The summed E-state index contributed by atoms with van der Waals surface area (Å²) in [5, 5.41) is 1.02. The predicted molar refractivity (Wildman–Crippen MR) is 82.3 cm³/mol. The molecule has 0 aliphatic rings. The zero-order chi connectivity index (χ0) is 14.1. The van der Waals surface area contributed by atoms with Crippen LogP contribution in [-0.2, 0) is 6.54 Å². The van der Waals surface area contributed by atoms with Crippen LogP contribution in [0.25, 0.3) is 10.9 Å². The van der Waals surface area contributed by atoms with Gasteiger partial charge in [-0.2, -0.15) is 0 Å². The summed E-state index contributed by atoms with van der Waals surface area (Å²) < 4.78 is 2.14. The molecular weight excluding hydrogens is 246 g/mol. The van der Waals surface area contributed by atoms with E-state index in [2.05, 4.69) is 42.7 Å². The summed E-state index contributed by atoms with van der Waals surface area (Å²) in [6.07, 6.45) is 2.87. The molecule has 0 aliphatic heterocycles. The highest BCUT2D eigenvalue weighted by molar-refractivity contribution is 5.97. The lowest BCUT2D eigenvalue weighted by atomic mass is 10.1. The number of benzene rings is 2. The standard InChI is InChI=1S/C18H17NO/c1-13-7-8-15(9-14(13)2)10-19-11-16(12-20)17-5-3-4-6-18(17)19/h3-9,11-12H,10H2,1-2H3. The van der Waals surface area contributed by atoms with Gasteiger partial charge in [0, 0.05) is 29.2 Å². The van der Waals surface area contributed by atoms with Gasteiger partial charge in [0.15, 0.2) is 6.29 Å². The Labute approximate surface area is 118 Å². The Balaban J connectivity index is 2.06. The number of aldehydes is 1. The molecular formula is C18H17NO. The van der Waals surface area contributed by atoms with Crippen LogP contribution in [0, 0.1) is 13.8 Å². The van der Waals surface area contributed by atoms with Crippen molar-refractivity contribution in [3.05, 3.63) is 70.9 Å². The van der Waals surface area contributed by atoms with Crippen LogP contribution in [0.15, 0.2) is 48.7 Å². The first-order chi connectivity index (χ1) is 9.69. The number of hydrogen-bond acceptors (Lipinski definition) is 1. The van der Waals surface area contributed by atoms with Gasteiger partial charge in [-0.15, -0.1) is 0 Å². The maximum absolute atomic E-state index is 11.2. The third-order valence-corrected chi connectivity index (χ3v) is 3.87. The summed E-state index contributed by atoms with van der Waals surface area (Å²) in [5.41, 5.74) is 5.72. The van der Waals surface area contributed by atoms with Gasteiger partial charge in [-0.3, -0.25) is 4.79 Å². The number of nitrogens with zero attached hydrogens (tertiary/aromatic N) is 1. The van der Waals surface area contributed by atoms with Crippen LogP contribution in [0.5, 0.6) is 0 Å². The molecule has 0 unspecified atom stereocenters. The van der Waals surface area contributed by atoms with E-state index in [0.717, 1.165) is 29.3 Å². The number of aryl methyl sites for hydroxylation is 2. The van der Waals surface area contributed by atoms with E-state index in [1.807, 2.05) is 24.4 Å². The lowest BCUT2D eigenvalue weighted by Crippen LogP contribution is -1.98.